The zero-order valence-corrected chi connectivity index (χ0v) is 10.3. The molecule has 2 atom stereocenters. The lowest BCUT2D eigenvalue weighted by atomic mass is 9.87. The van der Waals surface area contributed by atoms with Crippen LogP contribution in [0.2, 0.25) is 0 Å². The Balaban J connectivity index is 1.80. The lowest BCUT2D eigenvalue weighted by Gasteiger charge is -2.47. The van der Waals surface area contributed by atoms with Gasteiger partial charge in [-0.25, -0.2) is 0 Å². The largest absolute Gasteiger partial charge is 0.315 e. The topological polar surface area (TPSA) is 15.3 Å². The second-order valence-corrected chi connectivity index (χ2v) is 6.65. The minimum Gasteiger partial charge on any atom is -0.315 e. The number of rotatable bonds is 0. The number of nitrogens with zero attached hydrogens (tertiary/aromatic N) is 1. The minimum absolute atomic E-state index is 0.542. The molecule has 3 aliphatic heterocycles. The van der Waals surface area contributed by atoms with Crippen LogP contribution in [0.4, 0.5) is 0 Å². The molecule has 3 heterocycles. The Morgan fingerprint density at radius 1 is 1.27 bits per heavy atom. The van der Waals surface area contributed by atoms with Crippen LogP contribution in [-0.4, -0.2) is 48.1 Å². The van der Waals surface area contributed by atoms with Gasteiger partial charge in [0, 0.05) is 18.6 Å². The Morgan fingerprint density at radius 2 is 2.13 bits per heavy atom. The van der Waals surface area contributed by atoms with Crippen LogP contribution in [0, 0.1) is 5.92 Å². The van der Waals surface area contributed by atoms with E-state index in [0.717, 1.165) is 5.92 Å². The van der Waals surface area contributed by atoms with Crippen LogP contribution >= 0.6 is 11.8 Å². The molecule has 3 aliphatic rings. The molecule has 0 aliphatic carbocycles. The summed E-state index contributed by atoms with van der Waals surface area (Å²) in [6.45, 7) is 5.26. The SMILES string of the molecule is C1CC2CNCC3(CCSCC3)N(C1)C2. The Kier molecular flexibility index (Phi) is 2.97. The third-order valence-electron chi connectivity index (χ3n) is 4.50. The summed E-state index contributed by atoms with van der Waals surface area (Å²) < 4.78 is 0. The second kappa shape index (κ2) is 4.27. The molecular weight excluding hydrogens is 204 g/mol. The molecule has 1 N–H and O–H groups in total. The molecule has 2 unspecified atom stereocenters. The van der Waals surface area contributed by atoms with Gasteiger partial charge >= 0.3 is 0 Å². The molecule has 3 rings (SSSR count). The maximum absolute atomic E-state index is 3.73. The van der Waals surface area contributed by atoms with Crippen molar-refractivity contribution in [2.45, 2.75) is 31.2 Å². The van der Waals surface area contributed by atoms with Crippen molar-refractivity contribution in [2.75, 3.05) is 37.7 Å². The van der Waals surface area contributed by atoms with Crippen LogP contribution in [-0.2, 0) is 0 Å². The van der Waals surface area contributed by atoms with Crippen molar-refractivity contribution in [1.82, 2.24) is 10.2 Å². The molecule has 0 radical (unpaired) electrons. The van der Waals surface area contributed by atoms with Crippen molar-refractivity contribution >= 4 is 11.8 Å². The first kappa shape index (κ1) is 10.4. The highest BCUT2D eigenvalue weighted by atomic mass is 32.2. The predicted octanol–water partition coefficient (Wildman–Crippen LogP) is 1.57. The van der Waals surface area contributed by atoms with E-state index in [1.165, 1.54) is 63.4 Å². The van der Waals surface area contributed by atoms with Crippen molar-refractivity contribution in [3.8, 4) is 0 Å². The average molecular weight is 226 g/mol. The summed E-state index contributed by atoms with van der Waals surface area (Å²) in [5.41, 5.74) is 0.542. The third kappa shape index (κ3) is 1.94. The number of hydrogen-bond acceptors (Lipinski definition) is 3. The van der Waals surface area contributed by atoms with Crippen LogP contribution in [0.15, 0.2) is 0 Å². The summed E-state index contributed by atoms with van der Waals surface area (Å²) in [4.78, 5) is 2.83. The van der Waals surface area contributed by atoms with E-state index in [4.69, 9.17) is 0 Å². The number of piperidine rings is 1. The molecule has 0 aromatic heterocycles. The molecule has 0 aromatic rings. The number of nitrogens with one attached hydrogen (secondary N) is 1. The van der Waals surface area contributed by atoms with Crippen molar-refractivity contribution in [3.63, 3.8) is 0 Å². The van der Waals surface area contributed by atoms with E-state index >= 15 is 0 Å². The molecule has 0 saturated carbocycles. The van der Waals surface area contributed by atoms with Gasteiger partial charge in [-0.2, -0.15) is 11.8 Å². The van der Waals surface area contributed by atoms with Gasteiger partial charge in [0.15, 0.2) is 0 Å². The highest BCUT2D eigenvalue weighted by Gasteiger charge is 2.41. The monoisotopic (exact) mass is 226 g/mol. The van der Waals surface area contributed by atoms with Gasteiger partial charge in [-0.3, -0.25) is 4.90 Å². The number of fused-ring (bicyclic) bond motifs is 3. The Morgan fingerprint density at radius 3 is 3.00 bits per heavy atom. The van der Waals surface area contributed by atoms with Crippen LogP contribution in [0.3, 0.4) is 0 Å². The average Bonchev–Trinajstić information content (AvgIpc) is 2.40. The lowest BCUT2D eigenvalue weighted by molar-refractivity contribution is 0.0570. The van der Waals surface area contributed by atoms with E-state index < -0.39 is 0 Å². The molecular formula is C12H22N2S. The normalized spacial score (nSPS) is 40.0. The molecule has 2 nitrogen and oxygen atoms in total. The Hall–Kier alpha value is 0.270. The summed E-state index contributed by atoms with van der Waals surface area (Å²) >= 11 is 2.15. The lowest BCUT2D eigenvalue weighted by Crippen LogP contribution is -2.56. The maximum Gasteiger partial charge on any atom is 0.0349 e. The van der Waals surface area contributed by atoms with Crippen molar-refractivity contribution in [1.29, 1.82) is 0 Å². The quantitative estimate of drug-likeness (QED) is 0.675. The standard InChI is InChI=1S/C12H22N2S/c1-2-11-8-13-10-12(14(5-1)9-11)3-6-15-7-4-12/h11,13H,1-10H2. The van der Waals surface area contributed by atoms with Gasteiger partial charge in [-0.1, -0.05) is 0 Å². The highest BCUT2D eigenvalue weighted by Crippen LogP contribution is 2.36. The van der Waals surface area contributed by atoms with Gasteiger partial charge in [-0.05, 0) is 56.2 Å². The van der Waals surface area contributed by atoms with Crippen LogP contribution < -0.4 is 5.32 Å². The van der Waals surface area contributed by atoms with Crippen LogP contribution in [0.5, 0.6) is 0 Å². The fourth-order valence-electron chi connectivity index (χ4n) is 3.53. The molecule has 0 amide bonds. The van der Waals surface area contributed by atoms with Crippen LogP contribution in [0.1, 0.15) is 25.7 Å². The van der Waals surface area contributed by atoms with E-state index in [9.17, 15) is 0 Å². The summed E-state index contributed by atoms with van der Waals surface area (Å²) in [6.07, 6.45) is 5.71. The van der Waals surface area contributed by atoms with E-state index in [1.54, 1.807) is 0 Å². The first-order valence-electron chi connectivity index (χ1n) is 6.43. The first-order chi connectivity index (χ1) is 7.39. The second-order valence-electron chi connectivity index (χ2n) is 5.42. The predicted molar refractivity (Wildman–Crippen MR) is 66.5 cm³/mol. The summed E-state index contributed by atoms with van der Waals surface area (Å²) in [5, 5.41) is 3.73. The summed E-state index contributed by atoms with van der Waals surface area (Å²) in [6, 6.07) is 0. The van der Waals surface area contributed by atoms with Crippen molar-refractivity contribution in [3.05, 3.63) is 0 Å². The van der Waals surface area contributed by atoms with Gasteiger partial charge in [-0.15, -0.1) is 0 Å². The summed E-state index contributed by atoms with van der Waals surface area (Å²) in [5.74, 6) is 3.69. The molecule has 1 spiro atoms. The fraction of sp³-hybridized carbons (Fsp3) is 1.00. The highest BCUT2D eigenvalue weighted by molar-refractivity contribution is 7.99. The Bertz CT molecular complexity index is 226. The molecule has 3 heteroatoms. The first-order valence-corrected chi connectivity index (χ1v) is 7.58. The molecule has 86 valence electrons. The van der Waals surface area contributed by atoms with Gasteiger partial charge in [0.1, 0.15) is 0 Å². The smallest absolute Gasteiger partial charge is 0.0349 e. The summed E-state index contributed by atoms with van der Waals surface area (Å²) in [7, 11) is 0. The van der Waals surface area contributed by atoms with Crippen LogP contribution in [0.25, 0.3) is 0 Å². The van der Waals surface area contributed by atoms with Gasteiger partial charge in [0.2, 0.25) is 0 Å². The van der Waals surface area contributed by atoms with Gasteiger partial charge in [0.05, 0.1) is 0 Å². The van der Waals surface area contributed by atoms with Crippen molar-refractivity contribution < 1.29 is 0 Å². The van der Waals surface area contributed by atoms with E-state index in [1.807, 2.05) is 0 Å². The Labute approximate surface area is 97.2 Å². The van der Waals surface area contributed by atoms with E-state index in [0.29, 0.717) is 5.54 Å². The van der Waals surface area contributed by atoms with Crippen molar-refractivity contribution in [2.24, 2.45) is 5.92 Å². The molecule has 3 saturated heterocycles. The zero-order chi connectivity index (χ0) is 10.1. The zero-order valence-electron chi connectivity index (χ0n) is 9.50. The molecule has 2 bridgehead atoms. The van der Waals surface area contributed by atoms with E-state index in [-0.39, 0.29) is 0 Å². The number of thioether (sulfide) groups is 1. The number of hydrogen-bond donors (Lipinski definition) is 1. The van der Waals surface area contributed by atoms with Gasteiger partial charge in [0.25, 0.3) is 0 Å². The third-order valence-corrected chi connectivity index (χ3v) is 5.49. The molecule has 0 aromatic carbocycles. The molecule has 3 fully saturated rings. The fourth-order valence-corrected chi connectivity index (χ4v) is 4.78. The maximum atomic E-state index is 3.73. The van der Waals surface area contributed by atoms with E-state index in [2.05, 4.69) is 22.0 Å². The van der Waals surface area contributed by atoms with Gasteiger partial charge < -0.3 is 5.32 Å². The minimum atomic E-state index is 0.542. The molecule has 15 heavy (non-hydrogen) atoms.